The number of carbonyl (C=O) groups is 1. The van der Waals surface area contributed by atoms with Crippen LogP contribution in [0.25, 0.3) is 0 Å². The van der Waals surface area contributed by atoms with Gasteiger partial charge in [-0.05, 0) is 52.0 Å². The Hall–Kier alpha value is -0.610. The van der Waals surface area contributed by atoms with Crippen molar-refractivity contribution in [1.29, 1.82) is 0 Å². The topological polar surface area (TPSA) is 43.8 Å². The van der Waals surface area contributed by atoms with Crippen molar-refractivity contribution in [3.63, 3.8) is 0 Å². The number of likely N-dealkylation sites (tertiary alicyclic amines) is 1. The van der Waals surface area contributed by atoms with Crippen LogP contribution in [-0.2, 0) is 4.79 Å². The van der Waals surface area contributed by atoms with Gasteiger partial charge in [0.1, 0.15) is 0 Å². The highest BCUT2D eigenvalue weighted by Crippen LogP contribution is 2.28. The van der Waals surface area contributed by atoms with E-state index in [2.05, 4.69) is 4.90 Å². The second-order valence-corrected chi connectivity index (χ2v) is 5.99. The Bertz CT molecular complexity index is 284. The van der Waals surface area contributed by atoms with E-state index in [0.717, 1.165) is 45.3 Å². The Kier molecular flexibility index (Phi) is 4.62. The van der Waals surface area contributed by atoms with Crippen molar-refractivity contribution in [3.8, 4) is 0 Å². The van der Waals surface area contributed by atoms with E-state index >= 15 is 0 Å². The molecule has 1 atom stereocenters. The third-order valence-electron chi connectivity index (χ3n) is 4.44. The minimum Gasteiger partial charge on any atom is -0.393 e. The largest absolute Gasteiger partial charge is 0.393 e. The number of aliphatic hydroxyl groups is 1. The van der Waals surface area contributed by atoms with E-state index < -0.39 is 0 Å². The number of likely N-dealkylation sites (N-methyl/N-ethyl adjacent to an activating group) is 1. The van der Waals surface area contributed by atoms with Crippen LogP contribution in [-0.4, -0.2) is 59.6 Å². The summed E-state index contributed by atoms with van der Waals surface area (Å²) in [5.41, 5.74) is 0. The summed E-state index contributed by atoms with van der Waals surface area (Å²) < 4.78 is 0. The molecule has 1 unspecified atom stereocenters. The van der Waals surface area contributed by atoms with Crippen LogP contribution in [0.1, 0.15) is 39.0 Å². The molecule has 0 aromatic rings. The molecule has 2 fully saturated rings. The standard InChI is InChI=1S/C14H26N2O2/c1-11(14(18)16-6-4-3-5-7-16)15(2)10-12-8-13(17)9-12/h11-13,17H,3-10H2,1-2H3. The zero-order valence-electron chi connectivity index (χ0n) is 11.6. The van der Waals surface area contributed by atoms with Gasteiger partial charge < -0.3 is 10.0 Å². The zero-order valence-corrected chi connectivity index (χ0v) is 11.6. The summed E-state index contributed by atoms with van der Waals surface area (Å²) in [6, 6.07) is -0.0270. The van der Waals surface area contributed by atoms with E-state index in [0.29, 0.717) is 5.92 Å². The van der Waals surface area contributed by atoms with Crippen LogP contribution in [0.3, 0.4) is 0 Å². The minimum absolute atomic E-state index is 0.0270. The van der Waals surface area contributed by atoms with Gasteiger partial charge in [0.2, 0.25) is 5.91 Å². The molecule has 4 heteroatoms. The van der Waals surface area contributed by atoms with Gasteiger partial charge in [-0.2, -0.15) is 0 Å². The molecule has 2 aliphatic rings. The van der Waals surface area contributed by atoms with Gasteiger partial charge in [0.25, 0.3) is 0 Å². The zero-order chi connectivity index (χ0) is 13.1. The number of hydrogen-bond acceptors (Lipinski definition) is 3. The van der Waals surface area contributed by atoms with Crippen molar-refractivity contribution < 1.29 is 9.90 Å². The maximum absolute atomic E-state index is 12.3. The summed E-state index contributed by atoms with van der Waals surface area (Å²) in [6.07, 6.45) is 5.25. The summed E-state index contributed by atoms with van der Waals surface area (Å²) in [5.74, 6) is 0.846. The Morgan fingerprint density at radius 2 is 1.94 bits per heavy atom. The predicted molar refractivity (Wildman–Crippen MR) is 71.3 cm³/mol. The van der Waals surface area contributed by atoms with Gasteiger partial charge in [0.05, 0.1) is 12.1 Å². The average molecular weight is 254 g/mol. The van der Waals surface area contributed by atoms with Gasteiger partial charge in [-0.1, -0.05) is 0 Å². The summed E-state index contributed by atoms with van der Waals surface area (Å²) >= 11 is 0. The van der Waals surface area contributed by atoms with Crippen molar-refractivity contribution in [2.75, 3.05) is 26.7 Å². The molecule has 0 radical (unpaired) electrons. The van der Waals surface area contributed by atoms with Crippen LogP contribution in [0.4, 0.5) is 0 Å². The lowest BCUT2D eigenvalue weighted by atomic mass is 9.82. The molecule has 0 aromatic carbocycles. The molecule has 1 saturated carbocycles. The first-order valence-corrected chi connectivity index (χ1v) is 7.25. The molecule has 1 saturated heterocycles. The monoisotopic (exact) mass is 254 g/mol. The molecule has 0 bridgehead atoms. The van der Waals surface area contributed by atoms with Crippen LogP contribution < -0.4 is 0 Å². The summed E-state index contributed by atoms with van der Waals surface area (Å²) in [7, 11) is 2.03. The van der Waals surface area contributed by atoms with Gasteiger partial charge in [0.15, 0.2) is 0 Å². The van der Waals surface area contributed by atoms with Crippen LogP contribution in [0.2, 0.25) is 0 Å². The van der Waals surface area contributed by atoms with Crippen LogP contribution in [0, 0.1) is 5.92 Å². The third-order valence-corrected chi connectivity index (χ3v) is 4.44. The first-order chi connectivity index (χ1) is 8.58. The van der Waals surface area contributed by atoms with Gasteiger partial charge in [-0.3, -0.25) is 9.69 Å². The quantitative estimate of drug-likeness (QED) is 0.817. The maximum Gasteiger partial charge on any atom is 0.239 e. The summed E-state index contributed by atoms with van der Waals surface area (Å²) in [5, 5.41) is 9.29. The number of amides is 1. The number of hydrogen-bond donors (Lipinski definition) is 1. The van der Waals surface area contributed by atoms with E-state index in [9.17, 15) is 9.90 Å². The highest BCUT2D eigenvalue weighted by Gasteiger charge is 2.31. The molecule has 2 rings (SSSR count). The average Bonchev–Trinajstić information content (AvgIpc) is 2.36. The number of nitrogens with zero attached hydrogens (tertiary/aromatic N) is 2. The molecule has 1 aliphatic carbocycles. The molecule has 104 valence electrons. The fourth-order valence-electron chi connectivity index (χ4n) is 2.98. The maximum atomic E-state index is 12.3. The van der Waals surface area contributed by atoms with Gasteiger partial charge in [0, 0.05) is 19.6 Å². The van der Waals surface area contributed by atoms with E-state index in [4.69, 9.17) is 0 Å². The highest BCUT2D eigenvalue weighted by molar-refractivity contribution is 5.81. The molecular weight excluding hydrogens is 228 g/mol. The predicted octanol–water partition coefficient (Wildman–Crippen LogP) is 1.09. The van der Waals surface area contributed by atoms with Crippen molar-refractivity contribution >= 4 is 5.91 Å². The number of carbonyl (C=O) groups excluding carboxylic acids is 1. The van der Waals surface area contributed by atoms with Gasteiger partial charge >= 0.3 is 0 Å². The molecule has 18 heavy (non-hydrogen) atoms. The normalized spacial score (nSPS) is 30.1. The lowest BCUT2D eigenvalue weighted by Crippen LogP contribution is -2.49. The summed E-state index contributed by atoms with van der Waals surface area (Å²) in [6.45, 7) is 4.79. The number of rotatable bonds is 4. The van der Waals surface area contributed by atoms with Gasteiger partial charge in [-0.15, -0.1) is 0 Å². The Labute approximate surface area is 110 Å². The van der Waals surface area contributed by atoms with Crippen LogP contribution in [0.15, 0.2) is 0 Å². The second-order valence-electron chi connectivity index (χ2n) is 5.99. The lowest BCUT2D eigenvalue weighted by molar-refractivity contribution is -0.137. The Balaban J connectivity index is 1.77. The first kappa shape index (κ1) is 13.8. The fraction of sp³-hybridized carbons (Fsp3) is 0.929. The lowest BCUT2D eigenvalue weighted by Gasteiger charge is -2.38. The smallest absolute Gasteiger partial charge is 0.239 e. The molecule has 1 amide bonds. The second kappa shape index (κ2) is 6.02. The molecular formula is C14H26N2O2. The minimum atomic E-state index is -0.100. The molecule has 1 heterocycles. The van der Waals surface area contributed by atoms with Crippen LogP contribution >= 0.6 is 0 Å². The molecule has 1 aliphatic heterocycles. The number of piperidine rings is 1. The molecule has 1 N–H and O–H groups in total. The highest BCUT2D eigenvalue weighted by atomic mass is 16.3. The van der Waals surface area contributed by atoms with Gasteiger partial charge in [-0.25, -0.2) is 0 Å². The van der Waals surface area contributed by atoms with Crippen molar-refractivity contribution in [2.45, 2.75) is 51.2 Å². The first-order valence-electron chi connectivity index (χ1n) is 7.25. The summed E-state index contributed by atoms with van der Waals surface area (Å²) in [4.78, 5) is 16.5. The molecule has 0 spiro atoms. The van der Waals surface area contributed by atoms with Crippen molar-refractivity contribution in [2.24, 2.45) is 5.92 Å². The Morgan fingerprint density at radius 3 is 2.50 bits per heavy atom. The fourth-order valence-corrected chi connectivity index (χ4v) is 2.98. The molecule has 0 aromatic heterocycles. The SMILES string of the molecule is CC(C(=O)N1CCCCC1)N(C)CC1CC(O)C1. The van der Waals surface area contributed by atoms with E-state index in [1.165, 1.54) is 6.42 Å². The van der Waals surface area contributed by atoms with Crippen molar-refractivity contribution in [1.82, 2.24) is 9.80 Å². The third kappa shape index (κ3) is 3.23. The number of aliphatic hydroxyl groups excluding tert-OH is 1. The van der Waals surface area contributed by atoms with Crippen LogP contribution in [0.5, 0.6) is 0 Å². The van der Waals surface area contributed by atoms with E-state index in [1.807, 2.05) is 18.9 Å². The van der Waals surface area contributed by atoms with E-state index in [-0.39, 0.29) is 18.1 Å². The van der Waals surface area contributed by atoms with Crippen molar-refractivity contribution in [3.05, 3.63) is 0 Å². The Morgan fingerprint density at radius 1 is 1.33 bits per heavy atom. The molecule has 4 nitrogen and oxygen atoms in total. The van der Waals surface area contributed by atoms with E-state index in [1.54, 1.807) is 0 Å².